The summed E-state index contributed by atoms with van der Waals surface area (Å²) in [6.07, 6.45) is 0. The average Bonchev–Trinajstić information content (AvgIpc) is 2.68. The van der Waals surface area contributed by atoms with Crippen LogP contribution in [0.5, 0.6) is 5.75 Å². The molecule has 0 aliphatic heterocycles. The van der Waals surface area contributed by atoms with E-state index in [4.69, 9.17) is 4.52 Å². The molecule has 0 aliphatic carbocycles. The van der Waals surface area contributed by atoms with Gasteiger partial charge < -0.3 is 9.63 Å². The molecule has 7 heteroatoms. The quantitative estimate of drug-likeness (QED) is 0.813. The van der Waals surface area contributed by atoms with Crippen LogP contribution >= 0.6 is 22.6 Å². The number of carbonyl (C=O) groups is 1. The summed E-state index contributed by atoms with van der Waals surface area (Å²) in [7, 11) is 0. The molecule has 88 valence electrons. The molecule has 0 saturated carbocycles. The zero-order valence-corrected chi connectivity index (χ0v) is 10.9. The highest BCUT2D eigenvalue weighted by Gasteiger charge is 2.11. The number of halogens is 1. The number of carbonyl (C=O) groups excluding carboxylic acids is 1. The summed E-state index contributed by atoms with van der Waals surface area (Å²) in [5.74, 6) is 0.0751. The topological polar surface area (TPSA) is 88.2 Å². The minimum Gasteiger partial charge on any atom is -0.507 e. The van der Waals surface area contributed by atoms with Gasteiger partial charge in [0.1, 0.15) is 5.75 Å². The van der Waals surface area contributed by atoms with E-state index in [2.05, 4.69) is 15.5 Å². The smallest absolute Gasteiger partial charge is 0.328 e. The molecule has 0 spiro atoms. The molecule has 2 aromatic rings. The van der Waals surface area contributed by atoms with Gasteiger partial charge in [-0.05, 0) is 47.7 Å². The van der Waals surface area contributed by atoms with Crippen LogP contribution in [0.2, 0.25) is 0 Å². The first kappa shape index (κ1) is 11.8. The summed E-state index contributed by atoms with van der Waals surface area (Å²) in [5.41, 5.74) is 0.318. The molecule has 1 aromatic heterocycles. The minimum absolute atomic E-state index is 0.0329. The van der Waals surface area contributed by atoms with Crippen molar-refractivity contribution >= 4 is 34.5 Å². The zero-order valence-electron chi connectivity index (χ0n) is 8.77. The summed E-state index contributed by atoms with van der Waals surface area (Å²) < 4.78 is 5.43. The second-order valence-corrected chi connectivity index (χ2v) is 4.43. The highest BCUT2D eigenvalue weighted by molar-refractivity contribution is 14.1. The molecule has 1 amide bonds. The van der Waals surface area contributed by atoms with E-state index < -0.39 is 5.91 Å². The van der Waals surface area contributed by atoms with Gasteiger partial charge in [-0.1, -0.05) is 5.16 Å². The van der Waals surface area contributed by atoms with Gasteiger partial charge in [0.15, 0.2) is 5.82 Å². The molecule has 1 aromatic carbocycles. The van der Waals surface area contributed by atoms with Crippen molar-refractivity contribution in [3.05, 3.63) is 33.2 Å². The van der Waals surface area contributed by atoms with Crippen LogP contribution in [0, 0.1) is 10.5 Å². The average molecular weight is 345 g/mol. The van der Waals surface area contributed by atoms with E-state index in [1.54, 1.807) is 19.1 Å². The van der Waals surface area contributed by atoms with Gasteiger partial charge in [0.2, 0.25) is 0 Å². The summed E-state index contributed by atoms with van der Waals surface area (Å²) >= 11 is 1.97. The van der Waals surface area contributed by atoms with Gasteiger partial charge in [0, 0.05) is 5.56 Å². The lowest BCUT2D eigenvalue weighted by Crippen LogP contribution is -2.12. The normalized spacial score (nSPS) is 10.2. The molecule has 0 radical (unpaired) electrons. The van der Waals surface area contributed by atoms with Gasteiger partial charge in [-0.2, -0.15) is 4.98 Å². The highest BCUT2D eigenvalue weighted by atomic mass is 127. The highest BCUT2D eigenvalue weighted by Crippen LogP contribution is 2.20. The maximum absolute atomic E-state index is 11.7. The van der Waals surface area contributed by atoms with Crippen LogP contribution < -0.4 is 5.32 Å². The van der Waals surface area contributed by atoms with Gasteiger partial charge in [-0.25, -0.2) is 0 Å². The SMILES string of the molecule is Cc1noc(NC(=O)c2ccc(I)c(O)c2)n1. The molecule has 0 saturated heterocycles. The van der Waals surface area contributed by atoms with Crippen LogP contribution in [-0.4, -0.2) is 21.2 Å². The molecular formula is C10H8IN3O3. The number of rotatable bonds is 2. The number of anilines is 1. The van der Waals surface area contributed by atoms with Crippen LogP contribution in [0.25, 0.3) is 0 Å². The lowest BCUT2D eigenvalue weighted by atomic mass is 10.2. The van der Waals surface area contributed by atoms with Crippen LogP contribution in [0.4, 0.5) is 6.01 Å². The Hall–Kier alpha value is -1.64. The molecule has 0 fully saturated rings. The molecule has 0 unspecified atom stereocenters. The van der Waals surface area contributed by atoms with Crippen molar-refractivity contribution in [1.29, 1.82) is 0 Å². The molecule has 0 atom stereocenters. The fourth-order valence-corrected chi connectivity index (χ4v) is 1.51. The fraction of sp³-hybridized carbons (Fsp3) is 0.100. The van der Waals surface area contributed by atoms with Gasteiger partial charge >= 0.3 is 6.01 Å². The Bertz CT molecular complexity index is 568. The monoisotopic (exact) mass is 345 g/mol. The lowest BCUT2D eigenvalue weighted by molar-refractivity contribution is 0.102. The first-order chi connectivity index (χ1) is 8.06. The Kier molecular flexibility index (Phi) is 3.27. The summed E-state index contributed by atoms with van der Waals surface area (Å²) in [4.78, 5) is 15.6. The largest absolute Gasteiger partial charge is 0.507 e. The van der Waals surface area contributed by atoms with Gasteiger partial charge in [-0.15, -0.1) is 0 Å². The van der Waals surface area contributed by atoms with E-state index in [-0.39, 0.29) is 11.8 Å². The summed E-state index contributed by atoms with van der Waals surface area (Å²) in [6.45, 7) is 1.65. The maximum atomic E-state index is 11.7. The van der Waals surface area contributed by atoms with Crippen LogP contribution in [0.15, 0.2) is 22.7 Å². The van der Waals surface area contributed by atoms with E-state index in [1.165, 1.54) is 6.07 Å². The Morgan fingerprint density at radius 1 is 1.53 bits per heavy atom. The standard InChI is InChI=1S/C10H8IN3O3/c1-5-12-10(17-14-5)13-9(16)6-2-3-7(11)8(15)4-6/h2-4,15H,1H3,(H,12,13,14,16). The van der Waals surface area contributed by atoms with Gasteiger partial charge in [-0.3, -0.25) is 10.1 Å². The van der Waals surface area contributed by atoms with E-state index in [0.717, 1.165) is 0 Å². The number of aromatic hydroxyl groups is 1. The number of phenolic OH excluding ortho intramolecular Hbond substituents is 1. The zero-order chi connectivity index (χ0) is 12.4. The number of nitrogens with zero attached hydrogens (tertiary/aromatic N) is 2. The van der Waals surface area contributed by atoms with Crippen LogP contribution in [0.3, 0.4) is 0 Å². The van der Waals surface area contributed by atoms with Crippen molar-refractivity contribution in [3.63, 3.8) is 0 Å². The Morgan fingerprint density at radius 3 is 2.88 bits per heavy atom. The number of aryl methyl sites for hydroxylation is 1. The van der Waals surface area contributed by atoms with E-state index in [0.29, 0.717) is 15.0 Å². The Labute approximate surface area is 110 Å². The Morgan fingerprint density at radius 2 is 2.29 bits per heavy atom. The molecule has 1 heterocycles. The van der Waals surface area contributed by atoms with Crippen molar-refractivity contribution in [2.45, 2.75) is 6.92 Å². The third-order valence-electron chi connectivity index (χ3n) is 1.96. The van der Waals surface area contributed by atoms with Gasteiger partial charge in [0.25, 0.3) is 5.91 Å². The van der Waals surface area contributed by atoms with E-state index in [9.17, 15) is 9.90 Å². The summed E-state index contributed by atoms with van der Waals surface area (Å²) in [5, 5.41) is 15.5. The number of hydrogen-bond donors (Lipinski definition) is 2. The Balaban J connectivity index is 2.17. The van der Waals surface area contributed by atoms with E-state index in [1.807, 2.05) is 22.6 Å². The number of benzene rings is 1. The predicted molar refractivity (Wildman–Crippen MR) is 67.8 cm³/mol. The molecule has 6 nitrogen and oxygen atoms in total. The number of amides is 1. The van der Waals surface area contributed by atoms with E-state index >= 15 is 0 Å². The van der Waals surface area contributed by atoms with Crippen LogP contribution in [-0.2, 0) is 0 Å². The number of hydrogen-bond acceptors (Lipinski definition) is 5. The number of phenols is 1. The third-order valence-corrected chi connectivity index (χ3v) is 2.87. The molecule has 2 rings (SSSR count). The minimum atomic E-state index is -0.416. The first-order valence-corrected chi connectivity index (χ1v) is 5.74. The molecule has 0 bridgehead atoms. The van der Waals surface area contributed by atoms with Crippen molar-refractivity contribution in [2.24, 2.45) is 0 Å². The van der Waals surface area contributed by atoms with Gasteiger partial charge in [0.05, 0.1) is 3.57 Å². The molecular weight excluding hydrogens is 337 g/mol. The third kappa shape index (κ3) is 2.73. The first-order valence-electron chi connectivity index (χ1n) is 4.66. The number of aromatic nitrogens is 2. The second-order valence-electron chi connectivity index (χ2n) is 3.27. The predicted octanol–water partition coefficient (Wildman–Crippen LogP) is 1.94. The molecule has 2 N–H and O–H groups in total. The van der Waals surface area contributed by atoms with Crippen molar-refractivity contribution in [2.75, 3.05) is 5.32 Å². The molecule has 17 heavy (non-hydrogen) atoms. The summed E-state index contributed by atoms with van der Waals surface area (Å²) in [6, 6.07) is 4.65. The second kappa shape index (κ2) is 4.70. The van der Waals surface area contributed by atoms with Crippen molar-refractivity contribution < 1.29 is 14.4 Å². The van der Waals surface area contributed by atoms with Crippen molar-refractivity contribution in [1.82, 2.24) is 10.1 Å². The lowest BCUT2D eigenvalue weighted by Gasteiger charge is -2.02. The van der Waals surface area contributed by atoms with Crippen LogP contribution in [0.1, 0.15) is 16.2 Å². The maximum Gasteiger partial charge on any atom is 0.328 e. The fourth-order valence-electron chi connectivity index (χ4n) is 1.17. The molecule has 0 aliphatic rings. The van der Waals surface area contributed by atoms with Crippen molar-refractivity contribution in [3.8, 4) is 5.75 Å². The number of nitrogens with one attached hydrogen (secondary N) is 1.